The van der Waals surface area contributed by atoms with Gasteiger partial charge in [0.05, 0.1) is 7.11 Å². The Balaban J connectivity index is 2.04. The van der Waals surface area contributed by atoms with Crippen molar-refractivity contribution >= 4 is 0 Å². The molecule has 21 heavy (non-hydrogen) atoms. The van der Waals surface area contributed by atoms with E-state index >= 15 is 0 Å². The summed E-state index contributed by atoms with van der Waals surface area (Å²) >= 11 is 0. The van der Waals surface area contributed by atoms with Crippen LogP contribution in [0.2, 0.25) is 0 Å². The van der Waals surface area contributed by atoms with Gasteiger partial charge in [-0.05, 0) is 48.2 Å². The molecule has 2 aromatic rings. The monoisotopic (exact) mass is 292 g/mol. The summed E-state index contributed by atoms with van der Waals surface area (Å²) < 4.78 is 31.6. The molecule has 1 atom stereocenters. The fourth-order valence-corrected chi connectivity index (χ4v) is 2.23. The van der Waals surface area contributed by atoms with Crippen LogP contribution in [0.15, 0.2) is 42.5 Å². The molecule has 0 amide bonds. The molecule has 0 radical (unpaired) electrons. The highest BCUT2D eigenvalue weighted by molar-refractivity contribution is 5.28. The van der Waals surface area contributed by atoms with Crippen molar-refractivity contribution in [1.82, 2.24) is 5.43 Å². The summed E-state index contributed by atoms with van der Waals surface area (Å²) in [5.74, 6) is 5.09. The van der Waals surface area contributed by atoms with Crippen molar-refractivity contribution in [2.75, 3.05) is 7.11 Å². The lowest BCUT2D eigenvalue weighted by Gasteiger charge is -2.16. The molecule has 0 aliphatic carbocycles. The smallest absolute Gasteiger partial charge is 0.126 e. The van der Waals surface area contributed by atoms with Gasteiger partial charge in [0.25, 0.3) is 0 Å². The van der Waals surface area contributed by atoms with Crippen molar-refractivity contribution in [2.45, 2.75) is 18.9 Å². The molecule has 0 spiro atoms. The molecule has 0 fully saturated rings. The van der Waals surface area contributed by atoms with E-state index in [1.165, 1.54) is 12.1 Å². The summed E-state index contributed by atoms with van der Waals surface area (Å²) in [4.78, 5) is 0. The van der Waals surface area contributed by atoms with E-state index < -0.39 is 11.6 Å². The molecule has 2 rings (SSSR count). The van der Waals surface area contributed by atoms with E-state index in [9.17, 15) is 8.78 Å². The van der Waals surface area contributed by atoms with E-state index in [2.05, 4.69) is 5.43 Å². The first-order valence-electron chi connectivity index (χ1n) is 6.67. The molecule has 0 aliphatic heterocycles. The van der Waals surface area contributed by atoms with Gasteiger partial charge in [0.15, 0.2) is 0 Å². The van der Waals surface area contributed by atoms with Crippen LogP contribution in [0.25, 0.3) is 0 Å². The topological polar surface area (TPSA) is 47.3 Å². The molecular formula is C16H18F2N2O. The number of aryl methyl sites for hydroxylation is 1. The minimum absolute atomic E-state index is 0.308. The zero-order chi connectivity index (χ0) is 15.2. The molecule has 112 valence electrons. The molecule has 5 heteroatoms. The largest absolute Gasteiger partial charge is 0.497 e. The number of nitrogens with one attached hydrogen (secondary N) is 1. The predicted octanol–water partition coefficient (Wildman–Crippen LogP) is 3.11. The summed E-state index contributed by atoms with van der Waals surface area (Å²) in [6, 6.07) is 10.8. The van der Waals surface area contributed by atoms with Gasteiger partial charge in [0.2, 0.25) is 0 Å². The molecule has 0 saturated heterocycles. The number of hydrogen-bond acceptors (Lipinski definition) is 3. The van der Waals surface area contributed by atoms with Crippen molar-refractivity contribution in [3.8, 4) is 5.75 Å². The molecule has 1 unspecified atom stereocenters. The molecular weight excluding hydrogens is 274 g/mol. The van der Waals surface area contributed by atoms with Crippen molar-refractivity contribution < 1.29 is 13.5 Å². The van der Waals surface area contributed by atoms with Crippen molar-refractivity contribution in [1.29, 1.82) is 0 Å². The van der Waals surface area contributed by atoms with Crippen molar-refractivity contribution in [3.05, 3.63) is 65.2 Å². The lowest BCUT2D eigenvalue weighted by atomic mass is 9.99. The van der Waals surface area contributed by atoms with Gasteiger partial charge in [-0.25, -0.2) is 8.78 Å². The lowest BCUT2D eigenvalue weighted by molar-refractivity contribution is 0.414. The van der Waals surface area contributed by atoms with Crippen LogP contribution in [0.4, 0.5) is 8.78 Å². The average molecular weight is 292 g/mol. The SMILES string of the molecule is COc1ccc(CCC(NN)c2cc(F)cc(F)c2)cc1. The second-order valence-corrected chi connectivity index (χ2v) is 4.81. The predicted molar refractivity (Wildman–Crippen MR) is 77.7 cm³/mol. The Labute approximate surface area is 122 Å². The minimum atomic E-state index is -0.602. The van der Waals surface area contributed by atoms with E-state index in [4.69, 9.17) is 10.6 Å². The highest BCUT2D eigenvalue weighted by atomic mass is 19.1. The van der Waals surface area contributed by atoms with E-state index in [-0.39, 0.29) is 6.04 Å². The van der Waals surface area contributed by atoms with Gasteiger partial charge in [-0.3, -0.25) is 11.3 Å². The molecule has 0 heterocycles. The Morgan fingerprint density at radius 1 is 1.10 bits per heavy atom. The first kappa shape index (κ1) is 15.4. The number of benzene rings is 2. The fourth-order valence-electron chi connectivity index (χ4n) is 2.23. The number of halogens is 2. The van der Waals surface area contributed by atoms with Gasteiger partial charge in [-0.1, -0.05) is 12.1 Å². The molecule has 0 aromatic heterocycles. The van der Waals surface area contributed by atoms with Crippen LogP contribution >= 0.6 is 0 Å². The van der Waals surface area contributed by atoms with Gasteiger partial charge >= 0.3 is 0 Å². The van der Waals surface area contributed by atoms with Gasteiger partial charge in [0.1, 0.15) is 17.4 Å². The first-order valence-corrected chi connectivity index (χ1v) is 6.67. The van der Waals surface area contributed by atoms with Crippen LogP contribution in [-0.2, 0) is 6.42 Å². The Morgan fingerprint density at radius 2 is 1.71 bits per heavy atom. The Kier molecular flexibility index (Phi) is 5.25. The molecule has 0 bridgehead atoms. The molecule has 3 N–H and O–H groups in total. The third-order valence-electron chi connectivity index (χ3n) is 3.37. The van der Waals surface area contributed by atoms with Crippen LogP contribution in [0.1, 0.15) is 23.6 Å². The Bertz CT molecular complexity index is 567. The highest BCUT2D eigenvalue weighted by Gasteiger charge is 2.12. The summed E-state index contributed by atoms with van der Waals surface area (Å²) in [6.07, 6.45) is 1.36. The van der Waals surface area contributed by atoms with E-state index in [1.54, 1.807) is 7.11 Å². The molecule has 3 nitrogen and oxygen atoms in total. The number of hydrazine groups is 1. The summed E-state index contributed by atoms with van der Waals surface area (Å²) in [5.41, 5.74) is 4.22. The number of nitrogens with two attached hydrogens (primary N) is 1. The van der Waals surface area contributed by atoms with E-state index in [0.717, 1.165) is 23.8 Å². The quantitative estimate of drug-likeness (QED) is 0.635. The molecule has 0 saturated carbocycles. The van der Waals surface area contributed by atoms with Gasteiger partial charge in [-0.15, -0.1) is 0 Å². The third kappa shape index (κ3) is 4.24. The summed E-state index contributed by atoms with van der Waals surface area (Å²) in [7, 11) is 1.61. The fraction of sp³-hybridized carbons (Fsp3) is 0.250. The normalized spacial score (nSPS) is 12.2. The van der Waals surface area contributed by atoms with Gasteiger partial charge in [0, 0.05) is 12.1 Å². The zero-order valence-corrected chi connectivity index (χ0v) is 11.8. The standard InChI is InChI=1S/C16H18F2N2O/c1-21-15-5-2-11(3-6-15)4-7-16(20-19)12-8-13(17)10-14(18)9-12/h2-3,5-6,8-10,16,20H,4,7,19H2,1H3. The number of hydrogen-bond donors (Lipinski definition) is 2. The summed E-state index contributed by atoms with van der Waals surface area (Å²) in [6.45, 7) is 0. The maximum Gasteiger partial charge on any atom is 0.126 e. The Hall–Kier alpha value is -1.98. The Morgan fingerprint density at radius 3 is 2.24 bits per heavy atom. The second-order valence-electron chi connectivity index (χ2n) is 4.81. The highest BCUT2D eigenvalue weighted by Crippen LogP contribution is 2.21. The minimum Gasteiger partial charge on any atom is -0.497 e. The molecule has 2 aromatic carbocycles. The zero-order valence-electron chi connectivity index (χ0n) is 11.8. The van der Waals surface area contributed by atoms with Crippen LogP contribution in [-0.4, -0.2) is 7.11 Å². The second kappa shape index (κ2) is 7.15. The van der Waals surface area contributed by atoms with E-state index in [1.807, 2.05) is 24.3 Å². The third-order valence-corrected chi connectivity index (χ3v) is 3.37. The maximum absolute atomic E-state index is 13.2. The van der Waals surface area contributed by atoms with Gasteiger partial charge < -0.3 is 4.74 Å². The van der Waals surface area contributed by atoms with Crippen LogP contribution in [0, 0.1) is 11.6 Å². The number of ether oxygens (including phenoxy) is 1. The van der Waals surface area contributed by atoms with E-state index in [0.29, 0.717) is 12.0 Å². The van der Waals surface area contributed by atoms with Crippen LogP contribution < -0.4 is 16.0 Å². The average Bonchev–Trinajstić information content (AvgIpc) is 2.47. The van der Waals surface area contributed by atoms with Gasteiger partial charge in [-0.2, -0.15) is 0 Å². The van der Waals surface area contributed by atoms with Crippen molar-refractivity contribution in [3.63, 3.8) is 0 Å². The molecule has 0 aliphatic rings. The van der Waals surface area contributed by atoms with Crippen LogP contribution in [0.3, 0.4) is 0 Å². The van der Waals surface area contributed by atoms with Crippen LogP contribution in [0.5, 0.6) is 5.75 Å². The van der Waals surface area contributed by atoms with Crippen molar-refractivity contribution in [2.24, 2.45) is 5.84 Å². The number of methoxy groups -OCH3 is 1. The number of rotatable bonds is 6. The first-order chi connectivity index (χ1) is 10.1. The lowest BCUT2D eigenvalue weighted by Crippen LogP contribution is -2.28. The summed E-state index contributed by atoms with van der Waals surface area (Å²) in [5, 5.41) is 0. The maximum atomic E-state index is 13.2.